The zero-order chi connectivity index (χ0) is 9.80. The van der Waals surface area contributed by atoms with Crippen LogP contribution in [0.5, 0.6) is 0 Å². The smallest absolute Gasteiger partial charge is 0.107 e. The molecule has 0 aromatic rings. The van der Waals surface area contributed by atoms with E-state index in [2.05, 4.69) is 0 Å². The molecule has 0 amide bonds. The molecule has 1 aliphatic heterocycles. The van der Waals surface area contributed by atoms with Crippen LogP contribution in [0.3, 0.4) is 0 Å². The van der Waals surface area contributed by atoms with E-state index < -0.39 is 0 Å². The van der Waals surface area contributed by atoms with Crippen LogP contribution in [0.2, 0.25) is 0 Å². The molecule has 0 bridgehead atoms. The summed E-state index contributed by atoms with van der Waals surface area (Å²) >= 11 is 0. The molecule has 2 unspecified atom stereocenters. The fraction of sp³-hybridized carbons (Fsp3) is 1.00. The van der Waals surface area contributed by atoms with Crippen LogP contribution in [-0.4, -0.2) is 37.1 Å². The van der Waals surface area contributed by atoms with Crippen LogP contribution in [0, 0.1) is 5.92 Å². The first-order chi connectivity index (χ1) is 6.86. The van der Waals surface area contributed by atoms with Gasteiger partial charge in [-0.05, 0) is 25.2 Å². The quantitative estimate of drug-likeness (QED) is 0.747. The number of ether oxygens (including phenoxy) is 2. The zero-order valence-electron chi connectivity index (χ0n) is 8.65. The van der Waals surface area contributed by atoms with Crippen molar-refractivity contribution in [1.82, 2.24) is 0 Å². The van der Waals surface area contributed by atoms with Gasteiger partial charge in [-0.1, -0.05) is 12.8 Å². The topological polar surface area (TPSA) is 38.7 Å². The van der Waals surface area contributed by atoms with Gasteiger partial charge >= 0.3 is 0 Å². The van der Waals surface area contributed by atoms with E-state index in [-0.39, 0.29) is 12.2 Å². The van der Waals surface area contributed by atoms with Crippen molar-refractivity contribution >= 4 is 0 Å². The van der Waals surface area contributed by atoms with Crippen molar-refractivity contribution < 1.29 is 14.6 Å². The minimum Gasteiger partial charge on any atom is -0.390 e. The standard InChI is InChI=1S/C11H20O3/c12-10-5-6-13-8-11(10)14-7-9-3-1-2-4-9/h9-12H,1-8H2. The lowest BCUT2D eigenvalue weighted by molar-refractivity contribution is -0.123. The minimum absolute atomic E-state index is 0.0793. The predicted molar refractivity (Wildman–Crippen MR) is 53.1 cm³/mol. The van der Waals surface area contributed by atoms with Crippen molar-refractivity contribution in [1.29, 1.82) is 0 Å². The van der Waals surface area contributed by atoms with E-state index in [9.17, 15) is 5.11 Å². The largest absolute Gasteiger partial charge is 0.390 e. The second-order valence-corrected chi connectivity index (χ2v) is 4.45. The van der Waals surface area contributed by atoms with Crippen LogP contribution in [0.4, 0.5) is 0 Å². The normalized spacial score (nSPS) is 34.9. The maximum atomic E-state index is 9.64. The highest BCUT2D eigenvalue weighted by atomic mass is 16.5. The Kier molecular flexibility index (Phi) is 3.79. The third-order valence-corrected chi connectivity index (χ3v) is 3.29. The molecule has 82 valence electrons. The van der Waals surface area contributed by atoms with Gasteiger partial charge in [0, 0.05) is 6.61 Å². The molecule has 14 heavy (non-hydrogen) atoms. The monoisotopic (exact) mass is 200 g/mol. The Balaban J connectivity index is 1.67. The number of rotatable bonds is 3. The second kappa shape index (κ2) is 5.10. The molecule has 1 aliphatic carbocycles. The van der Waals surface area contributed by atoms with E-state index in [1.807, 2.05) is 0 Å². The van der Waals surface area contributed by atoms with E-state index in [4.69, 9.17) is 9.47 Å². The highest BCUT2D eigenvalue weighted by Crippen LogP contribution is 2.25. The lowest BCUT2D eigenvalue weighted by atomic mass is 10.1. The molecule has 3 nitrogen and oxygen atoms in total. The van der Waals surface area contributed by atoms with Gasteiger partial charge in [-0.2, -0.15) is 0 Å². The van der Waals surface area contributed by atoms with Gasteiger partial charge in [0.15, 0.2) is 0 Å². The zero-order valence-corrected chi connectivity index (χ0v) is 8.65. The molecule has 0 aromatic heterocycles. The highest BCUT2D eigenvalue weighted by Gasteiger charge is 2.26. The van der Waals surface area contributed by atoms with E-state index in [1.165, 1.54) is 25.7 Å². The molecule has 2 atom stereocenters. The molecule has 0 aromatic carbocycles. The summed E-state index contributed by atoms with van der Waals surface area (Å²) in [4.78, 5) is 0. The molecule has 0 spiro atoms. The van der Waals surface area contributed by atoms with Crippen LogP contribution in [0.25, 0.3) is 0 Å². The first-order valence-electron chi connectivity index (χ1n) is 5.73. The van der Waals surface area contributed by atoms with Crippen molar-refractivity contribution in [2.24, 2.45) is 5.92 Å². The summed E-state index contributed by atoms with van der Waals surface area (Å²) in [6, 6.07) is 0. The Labute approximate surface area is 85.4 Å². The fourth-order valence-electron chi connectivity index (χ4n) is 2.30. The summed E-state index contributed by atoms with van der Waals surface area (Å²) in [6.07, 6.45) is 5.60. The van der Waals surface area contributed by atoms with Crippen molar-refractivity contribution in [3.63, 3.8) is 0 Å². The maximum absolute atomic E-state index is 9.64. The third kappa shape index (κ3) is 2.69. The molecular formula is C11H20O3. The molecule has 2 aliphatic rings. The van der Waals surface area contributed by atoms with Crippen LogP contribution >= 0.6 is 0 Å². The summed E-state index contributed by atoms with van der Waals surface area (Å²) in [5.41, 5.74) is 0. The van der Waals surface area contributed by atoms with E-state index in [1.54, 1.807) is 0 Å². The van der Waals surface area contributed by atoms with Gasteiger partial charge in [-0.25, -0.2) is 0 Å². The van der Waals surface area contributed by atoms with Gasteiger partial charge in [-0.15, -0.1) is 0 Å². The number of hydrogen-bond acceptors (Lipinski definition) is 3. The average molecular weight is 200 g/mol. The molecule has 0 radical (unpaired) electrons. The highest BCUT2D eigenvalue weighted by molar-refractivity contribution is 4.74. The SMILES string of the molecule is OC1CCOCC1OCC1CCCC1. The molecule has 2 rings (SSSR count). The summed E-state index contributed by atoms with van der Waals surface area (Å²) in [5.74, 6) is 0.726. The van der Waals surface area contributed by atoms with Crippen LogP contribution in [0.1, 0.15) is 32.1 Å². The van der Waals surface area contributed by atoms with Crippen molar-refractivity contribution in [2.75, 3.05) is 19.8 Å². The first-order valence-corrected chi connectivity index (χ1v) is 5.73. The molecule has 1 saturated carbocycles. The number of hydrogen-bond donors (Lipinski definition) is 1. The summed E-state index contributed by atoms with van der Waals surface area (Å²) < 4.78 is 11.0. The Hall–Kier alpha value is -0.120. The van der Waals surface area contributed by atoms with Gasteiger partial charge in [0.2, 0.25) is 0 Å². The molecule has 1 N–H and O–H groups in total. The van der Waals surface area contributed by atoms with Crippen molar-refractivity contribution in [3.05, 3.63) is 0 Å². The van der Waals surface area contributed by atoms with Gasteiger partial charge in [-0.3, -0.25) is 0 Å². The van der Waals surface area contributed by atoms with Crippen molar-refractivity contribution in [2.45, 2.75) is 44.3 Å². The molecular weight excluding hydrogens is 180 g/mol. The lowest BCUT2D eigenvalue weighted by Crippen LogP contribution is -2.39. The Morgan fingerprint density at radius 3 is 2.71 bits per heavy atom. The predicted octanol–water partition coefficient (Wildman–Crippen LogP) is 1.34. The number of aliphatic hydroxyl groups is 1. The first kappa shape index (κ1) is 10.4. The van der Waals surface area contributed by atoms with Gasteiger partial charge in [0.05, 0.1) is 19.3 Å². The second-order valence-electron chi connectivity index (χ2n) is 4.45. The Bertz CT molecular complexity index is 166. The summed E-state index contributed by atoms with van der Waals surface area (Å²) in [7, 11) is 0. The van der Waals surface area contributed by atoms with Crippen LogP contribution in [-0.2, 0) is 9.47 Å². The third-order valence-electron chi connectivity index (χ3n) is 3.29. The number of aliphatic hydroxyl groups excluding tert-OH is 1. The lowest BCUT2D eigenvalue weighted by Gasteiger charge is -2.28. The Morgan fingerprint density at radius 2 is 2.00 bits per heavy atom. The van der Waals surface area contributed by atoms with E-state index in [0.29, 0.717) is 13.2 Å². The Morgan fingerprint density at radius 1 is 1.21 bits per heavy atom. The van der Waals surface area contributed by atoms with E-state index in [0.717, 1.165) is 18.9 Å². The van der Waals surface area contributed by atoms with Crippen LogP contribution < -0.4 is 0 Å². The van der Waals surface area contributed by atoms with Crippen molar-refractivity contribution in [3.8, 4) is 0 Å². The average Bonchev–Trinajstić information content (AvgIpc) is 2.69. The fourth-order valence-corrected chi connectivity index (χ4v) is 2.30. The van der Waals surface area contributed by atoms with Crippen LogP contribution in [0.15, 0.2) is 0 Å². The molecule has 2 fully saturated rings. The van der Waals surface area contributed by atoms with Gasteiger partial charge in [0.25, 0.3) is 0 Å². The summed E-state index contributed by atoms with van der Waals surface area (Å²) in [5, 5.41) is 9.64. The summed E-state index contributed by atoms with van der Waals surface area (Å²) in [6.45, 7) is 2.05. The molecule has 1 heterocycles. The minimum atomic E-state index is -0.315. The van der Waals surface area contributed by atoms with Gasteiger partial charge in [0.1, 0.15) is 6.10 Å². The van der Waals surface area contributed by atoms with Gasteiger partial charge < -0.3 is 14.6 Å². The molecule has 1 saturated heterocycles. The molecule has 3 heteroatoms. The van der Waals surface area contributed by atoms with E-state index >= 15 is 0 Å². The maximum Gasteiger partial charge on any atom is 0.107 e.